The minimum atomic E-state index is -0.697. The highest BCUT2D eigenvalue weighted by atomic mass is 32.2. The minimum absolute atomic E-state index is 0.153. The third kappa shape index (κ3) is 6.80. The van der Waals surface area contributed by atoms with Gasteiger partial charge in [-0.2, -0.15) is 0 Å². The number of hydrogen-bond donors (Lipinski definition) is 1. The van der Waals surface area contributed by atoms with Gasteiger partial charge in [-0.05, 0) is 19.8 Å². The van der Waals surface area contributed by atoms with Crippen LogP contribution in [0.5, 0.6) is 0 Å². The SMILES string of the molecule is C#CC(CC)NC(C)CCS(C)=O. The normalized spacial score (nSPS) is 17.4. The Kier molecular flexibility index (Phi) is 6.93. The van der Waals surface area contributed by atoms with E-state index in [1.165, 1.54) is 0 Å². The molecule has 0 heterocycles. The lowest BCUT2D eigenvalue weighted by Gasteiger charge is -2.17. The number of rotatable bonds is 6. The van der Waals surface area contributed by atoms with Gasteiger partial charge in [0.25, 0.3) is 0 Å². The fourth-order valence-corrected chi connectivity index (χ4v) is 1.74. The first kappa shape index (κ1) is 12.7. The Balaban J connectivity index is 3.67. The molecule has 3 atom stereocenters. The van der Waals surface area contributed by atoms with Gasteiger partial charge < -0.3 is 5.32 Å². The second-order valence-corrected chi connectivity index (χ2v) is 4.82. The molecule has 0 aliphatic rings. The molecule has 0 aromatic rings. The number of terminal acetylenes is 1. The molecule has 0 aromatic heterocycles. The van der Waals surface area contributed by atoms with Crippen molar-refractivity contribution in [3.8, 4) is 12.3 Å². The van der Waals surface area contributed by atoms with Crippen molar-refractivity contribution >= 4 is 10.8 Å². The highest BCUT2D eigenvalue weighted by molar-refractivity contribution is 7.84. The van der Waals surface area contributed by atoms with E-state index in [1.54, 1.807) is 6.26 Å². The van der Waals surface area contributed by atoms with Crippen molar-refractivity contribution in [2.24, 2.45) is 0 Å². The van der Waals surface area contributed by atoms with Gasteiger partial charge in [0, 0.05) is 28.9 Å². The lowest BCUT2D eigenvalue weighted by atomic mass is 10.2. The monoisotopic (exact) mass is 201 g/mol. The van der Waals surface area contributed by atoms with E-state index in [0.29, 0.717) is 6.04 Å². The van der Waals surface area contributed by atoms with Crippen molar-refractivity contribution in [1.82, 2.24) is 5.32 Å². The lowest BCUT2D eigenvalue weighted by Crippen LogP contribution is -2.35. The van der Waals surface area contributed by atoms with Crippen LogP contribution in [-0.4, -0.2) is 28.3 Å². The molecule has 0 saturated heterocycles. The van der Waals surface area contributed by atoms with Crippen molar-refractivity contribution in [2.75, 3.05) is 12.0 Å². The molecule has 2 nitrogen and oxygen atoms in total. The molecule has 0 aliphatic heterocycles. The topological polar surface area (TPSA) is 29.1 Å². The zero-order valence-corrected chi connectivity index (χ0v) is 9.49. The van der Waals surface area contributed by atoms with E-state index >= 15 is 0 Å². The molecule has 0 radical (unpaired) electrons. The quantitative estimate of drug-likeness (QED) is 0.653. The van der Waals surface area contributed by atoms with Gasteiger partial charge in [0.2, 0.25) is 0 Å². The van der Waals surface area contributed by atoms with Crippen molar-refractivity contribution in [3.05, 3.63) is 0 Å². The average molecular weight is 201 g/mol. The molecule has 0 spiro atoms. The van der Waals surface area contributed by atoms with Crippen LogP contribution in [0.2, 0.25) is 0 Å². The van der Waals surface area contributed by atoms with Crippen molar-refractivity contribution in [2.45, 2.75) is 38.8 Å². The predicted molar refractivity (Wildman–Crippen MR) is 59.1 cm³/mol. The summed E-state index contributed by atoms with van der Waals surface area (Å²) in [6, 6.07) is 0.505. The maximum absolute atomic E-state index is 10.8. The maximum atomic E-state index is 10.8. The second-order valence-electron chi connectivity index (χ2n) is 3.26. The Morgan fingerprint density at radius 2 is 2.23 bits per heavy atom. The van der Waals surface area contributed by atoms with Crippen LogP contribution in [0.25, 0.3) is 0 Å². The standard InChI is InChI=1S/C10H19NOS/c1-5-10(6-2)11-9(3)7-8-13(4)12/h1,9-11H,6-8H2,2-4H3. The molecule has 0 bridgehead atoms. The summed E-state index contributed by atoms with van der Waals surface area (Å²) >= 11 is 0. The fourth-order valence-electron chi connectivity index (χ4n) is 1.05. The van der Waals surface area contributed by atoms with Crippen LogP contribution in [0.1, 0.15) is 26.7 Å². The summed E-state index contributed by atoms with van der Waals surface area (Å²) in [5.74, 6) is 3.43. The Labute approximate surface area is 83.9 Å². The van der Waals surface area contributed by atoms with Crippen LogP contribution >= 0.6 is 0 Å². The van der Waals surface area contributed by atoms with Crippen LogP contribution in [0.4, 0.5) is 0 Å². The van der Waals surface area contributed by atoms with Crippen LogP contribution in [0.3, 0.4) is 0 Å². The highest BCUT2D eigenvalue weighted by Gasteiger charge is 2.07. The molecule has 0 amide bonds. The first-order valence-corrected chi connectivity index (χ1v) is 6.35. The fraction of sp³-hybridized carbons (Fsp3) is 0.800. The van der Waals surface area contributed by atoms with Gasteiger partial charge in [-0.1, -0.05) is 12.8 Å². The molecule has 0 fully saturated rings. The maximum Gasteiger partial charge on any atom is 0.0686 e. The van der Waals surface area contributed by atoms with Gasteiger partial charge in [-0.15, -0.1) is 6.42 Å². The molecule has 76 valence electrons. The molecule has 0 rings (SSSR count). The van der Waals surface area contributed by atoms with Crippen LogP contribution in [-0.2, 0) is 10.8 Å². The zero-order chi connectivity index (χ0) is 10.3. The minimum Gasteiger partial charge on any atom is -0.301 e. The third-order valence-corrected chi connectivity index (χ3v) is 2.74. The summed E-state index contributed by atoms with van der Waals surface area (Å²) in [4.78, 5) is 0. The predicted octanol–water partition coefficient (Wildman–Crippen LogP) is 1.14. The van der Waals surface area contributed by atoms with Gasteiger partial charge in [0.05, 0.1) is 6.04 Å². The van der Waals surface area contributed by atoms with Gasteiger partial charge in [0.1, 0.15) is 0 Å². The van der Waals surface area contributed by atoms with E-state index < -0.39 is 10.8 Å². The summed E-state index contributed by atoms with van der Waals surface area (Å²) in [5.41, 5.74) is 0. The molecule has 3 heteroatoms. The summed E-state index contributed by atoms with van der Waals surface area (Å²) in [5, 5.41) is 3.30. The summed E-state index contributed by atoms with van der Waals surface area (Å²) in [6.45, 7) is 4.13. The Morgan fingerprint density at radius 3 is 2.62 bits per heavy atom. The van der Waals surface area contributed by atoms with Gasteiger partial charge in [0.15, 0.2) is 0 Å². The van der Waals surface area contributed by atoms with Gasteiger partial charge >= 0.3 is 0 Å². The Bertz CT molecular complexity index is 198. The van der Waals surface area contributed by atoms with Crippen LogP contribution in [0.15, 0.2) is 0 Å². The highest BCUT2D eigenvalue weighted by Crippen LogP contribution is 1.97. The largest absolute Gasteiger partial charge is 0.301 e. The molecule has 1 N–H and O–H groups in total. The van der Waals surface area contributed by atoms with E-state index in [4.69, 9.17) is 6.42 Å². The molecular formula is C10H19NOS. The average Bonchev–Trinajstić information content (AvgIpc) is 2.10. The van der Waals surface area contributed by atoms with Crippen molar-refractivity contribution < 1.29 is 4.21 Å². The van der Waals surface area contributed by atoms with E-state index in [-0.39, 0.29) is 6.04 Å². The van der Waals surface area contributed by atoms with Crippen LogP contribution in [0, 0.1) is 12.3 Å². The van der Waals surface area contributed by atoms with Gasteiger partial charge in [-0.3, -0.25) is 4.21 Å². The second kappa shape index (κ2) is 7.11. The Morgan fingerprint density at radius 1 is 1.62 bits per heavy atom. The van der Waals surface area contributed by atoms with E-state index in [2.05, 4.69) is 25.1 Å². The van der Waals surface area contributed by atoms with E-state index in [9.17, 15) is 4.21 Å². The lowest BCUT2D eigenvalue weighted by molar-refractivity contribution is 0.486. The van der Waals surface area contributed by atoms with Gasteiger partial charge in [-0.25, -0.2) is 0 Å². The van der Waals surface area contributed by atoms with E-state index in [1.807, 2.05) is 0 Å². The van der Waals surface area contributed by atoms with Crippen molar-refractivity contribution in [3.63, 3.8) is 0 Å². The number of hydrogen-bond acceptors (Lipinski definition) is 2. The molecule has 3 unspecified atom stereocenters. The van der Waals surface area contributed by atoms with Crippen LogP contribution < -0.4 is 5.32 Å². The third-order valence-electron chi connectivity index (χ3n) is 1.93. The molecular weight excluding hydrogens is 182 g/mol. The smallest absolute Gasteiger partial charge is 0.0686 e. The molecule has 13 heavy (non-hydrogen) atoms. The first-order chi connectivity index (χ1) is 6.10. The summed E-state index contributed by atoms with van der Waals surface area (Å²) < 4.78 is 10.8. The molecule has 0 aliphatic carbocycles. The zero-order valence-electron chi connectivity index (χ0n) is 8.67. The number of nitrogens with one attached hydrogen (secondary N) is 1. The molecule has 0 saturated carbocycles. The first-order valence-electron chi connectivity index (χ1n) is 4.62. The summed E-state index contributed by atoms with van der Waals surface area (Å²) in [7, 11) is -0.697. The van der Waals surface area contributed by atoms with Crippen molar-refractivity contribution in [1.29, 1.82) is 0 Å². The summed E-state index contributed by atoms with van der Waals surface area (Å²) in [6.07, 6.45) is 8.90. The van der Waals surface area contributed by atoms with E-state index in [0.717, 1.165) is 18.6 Å². The molecule has 0 aromatic carbocycles. The Hall–Kier alpha value is -0.330.